The van der Waals surface area contributed by atoms with Gasteiger partial charge in [0.1, 0.15) is 11.6 Å². The minimum Gasteiger partial charge on any atom is -0.378 e. The number of pyridine rings is 1. The van der Waals surface area contributed by atoms with E-state index < -0.39 is 0 Å². The van der Waals surface area contributed by atoms with Crippen molar-refractivity contribution >= 4 is 21.7 Å². The summed E-state index contributed by atoms with van der Waals surface area (Å²) in [5, 5.41) is 3.32. The molecule has 5 nitrogen and oxygen atoms in total. The van der Waals surface area contributed by atoms with Crippen LogP contribution in [0.1, 0.15) is 30.4 Å². The first-order valence-corrected chi connectivity index (χ1v) is 7.71. The third-order valence-corrected chi connectivity index (χ3v) is 3.73. The van der Waals surface area contributed by atoms with E-state index >= 15 is 0 Å². The Morgan fingerprint density at radius 1 is 1.24 bits per heavy atom. The summed E-state index contributed by atoms with van der Waals surface area (Å²) in [6.07, 6.45) is 5.27. The molecule has 2 aromatic rings. The second-order valence-electron chi connectivity index (χ2n) is 4.64. The van der Waals surface area contributed by atoms with Gasteiger partial charge < -0.3 is 10.1 Å². The molecule has 0 aliphatic rings. The summed E-state index contributed by atoms with van der Waals surface area (Å²) in [7, 11) is 1.66. The fourth-order valence-corrected chi connectivity index (χ4v) is 2.33. The molecule has 0 saturated carbocycles. The largest absolute Gasteiger partial charge is 0.378 e. The fourth-order valence-electron chi connectivity index (χ4n) is 1.90. The van der Waals surface area contributed by atoms with E-state index in [1.807, 2.05) is 12.1 Å². The molecule has 0 aliphatic heterocycles. The fraction of sp³-hybridized carbons (Fsp3) is 0.400. The number of nitrogens with zero attached hydrogens (tertiary/aromatic N) is 3. The van der Waals surface area contributed by atoms with Gasteiger partial charge in [-0.05, 0) is 40.0 Å². The highest BCUT2D eigenvalue weighted by atomic mass is 79.9. The van der Waals surface area contributed by atoms with Crippen molar-refractivity contribution in [1.29, 1.82) is 0 Å². The van der Waals surface area contributed by atoms with Crippen LogP contribution < -0.4 is 5.32 Å². The molecular weight excluding hydrogens is 332 g/mol. The van der Waals surface area contributed by atoms with Gasteiger partial charge in [0, 0.05) is 32.5 Å². The molecule has 0 spiro atoms. The van der Waals surface area contributed by atoms with E-state index in [2.05, 4.69) is 43.1 Å². The van der Waals surface area contributed by atoms with Crippen LogP contribution in [-0.2, 0) is 17.8 Å². The average Bonchev–Trinajstić information content (AvgIpc) is 2.50. The standard InChI is InChI=1S/C15H19BrN4O/c1-3-6-18-15-14(16)12(10-21-2)19-13(20-15)9-11-4-7-17-8-5-11/h4-5,7-8H,3,6,9-10H2,1-2H3,(H,18,19,20). The lowest BCUT2D eigenvalue weighted by Crippen LogP contribution is -2.10. The molecular formula is C15H19BrN4O. The van der Waals surface area contributed by atoms with Crippen LogP contribution in [0.3, 0.4) is 0 Å². The molecule has 2 heterocycles. The zero-order valence-electron chi connectivity index (χ0n) is 12.3. The van der Waals surface area contributed by atoms with E-state index in [0.29, 0.717) is 13.0 Å². The lowest BCUT2D eigenvalue weighted by Gasteiger charge is -2.12. The average molecular weight is 351 g/mol. The molecule has 0 radical (unpaired) electrons. The highest BCUT2D eigenvalue weighted by Gasteiger charge is 2.12. The quantitative estimate of drug-likeness (QED) is 0.830. The maximum absolute atomic E-state index is 5.22. The van der Waals surface area contributed by atoms with Crippen LogP contribution in [0.5, 0.6) is 0 Å². The number of rotatable bonds is 7. The molecule has 0 bridgehead atoms. The Balaban J connectivity index is 2.29. The van der Waals surface area contributed by atoms with Crippen molar-refractivity contribution in [2.45, 2.75) is 26.4 Å². The zero-order valence-corrected chi connectivity index (χ0v) is 13.9. The molecule has 112 valence electrons. The molecule has 0 aromatic carbocycles. The molecule has 2 rings (SSSR count). The smallest absolute Gasteiger partial charge is 0.144 e. The van der Waals surface area contributed by atoms with E-state index in [1.165, 1.54) is 0 Å². The van der Waals surface area contributed by atoms with Gasteiger partial charge >= 0.3 is 0 Å². The lowest BCUT2D eigenvalue weighted by atomic mass is 10.2. The van der Waals surface area contributed by atoms with Gasteiger partial charge in [0.05, 0.1) is 16.8 Å². The molecule has 0 amide bonds. The molecule has 0 saturated heterocycles. The molecule has 21 heavy (non-hydrogen) atoms. The number of methoxy groups -OCH3 is 1. The van der Waals surface area contributed by atoms with Crippen molar-refractivity contribution in [2.24, 2.45) is 0 Å². The van der Waals surface area contributed by atoms with Crippen molar-refractivity contribution in [3.05, 3.63) is 46.1 Å². The Hall–Kier alpha value is -1.53. The van der Waals surface area contributed by atoms with Crippen molar-refractivity contribution in [1.82, 2.24) is 15.0 Å². The highest BCUT2D eigenvalue weighted by Crippen LogP contribution is 2.25. The van der Waals surface area contributed by atoms with E-state index in [-0.39, 0.29) is 0 Å². The SMILES string of the molecule is CCCNc1nc(Cc2ccncc2)nc(COC)c1Br. The van der Waals surface area contributed by atoms with Gasteiger partial charge in [-0.1, -0.05) is 6.92 Å². The van der Waals surface area contributed by atoms with Gasteiger partial charge in [-0.15, -0.1) is 0 Å². The minimum atomic E-state index is 0.452. The number of hydrogen-bond donors (Lipinski definition) is 1. The number of hydrogen-bond acceptors (Lipinski definition) is 5. The number of nitrogens with one attached hydrogen (secondary N) is 1. The Kier molecular flexibility index (Phi) is 6.07. The first-order chi connectivity index (χ1) is 10.2. The Morgan fingerprint density at radius 2 is 2.00 bits per heavy atom. The van der Waals surface area contributed by atoms with Crippen LogP contribution in [-0.4, -0.2) is 28.6 Å². The van der Waals surface area contributed by atoms with Gasteiger partial charge in [0.15, 0.2) is 0 Å². The molecule has 0 aliphatic carbocycles. The molecule has 0 fully saturated rings. The number of halogens is 1. The van der Waals surface area contributed by atoms with Gasteiger partial charge in [-0.2, -0.15) is 0 Å². The summed E-state index contributed by atoms with van der Waals surface area (Å²) in [6.45, 7) is 3.44. The van der Waals surface area contributed by atoms with Crippen molar-refractivity contribution in [3.8, 4) is 0 Å². The van der Waals surface area contributed by atoms with E-state index in [4.69, 9.17) is 4.74 Å². The number of ether oxygens (including phenoxy) is 1. The maximum Gasteiger partial charge on any atom is 0.144 e. The van der Waals surface area contributed by atoms with Crippen LogP contribution in [0.15, 0.2) is 29.0 Å². The summed E-state index contributed by atoms with van der Waals surface area (Å²) in [5.74, 6) is 1.60. The van der Waals surface area contributed by atoms with Crippen LogP contribution in [0, 0.1) is 0 Å². The van der Waals surface area contributed by atoms with Gasteiger partial charge in [0.2, 0.25) is 0 Å². The Bertz CT molecular complexity index is 577. The molecule has 2 aromatic heterocycles. The summed E-state index contributed by atoms with van der Waals surface area (Å²) in [4.78, 5) is 13.2. The Morgan fingerprint density at radius 3 is 2.67 bits per heavy atom. The first kappa shape index (κ1) is 15.9. The van der Waals surface area contributed by atoms with Gasteiger partial charge in [-0.25, -0.2) is 9.97 Å². The van der Waals surface area contributed by atoms with Crippen molar-refractivity contribution in [2.75, 3.05) is 19.0 Å². The summed E-state index contributed by atoms with van der Waals surface area (Å²) in [6, 6.07) is 3.95. The van der Waals surface area contributed by atoms with Gasteiger partial charge in [-0.3, -0.25) is 4.98 Å². The minimum absolute atomic E-state index is 0.452. The van der Waals surface area contributed by atoms with Crippen LogP contribution in [0.25, 0.3) is 0 Å². The van der Waals surface area contributed by atoms with E-state index in [0.717, 1.165) is 40.3 Å². The molecule has 1 N–H and O–H groups in total. The van der Waals surface area contributed by atoms with Crippen molar-refractivity contribution < 1.29 is 4.74 Å². The predicted molar refractivity (Wildman–Crippen MR) is 86.3 cm³/mol. The lowest BCUT2D eigenvalue weighted by molar-refractivity contribution is 0.180. The predicted octanol–water partition coefficient (Wildman–Crippen LogP) is 3.19. The summed E-state index contributed by atoms with van der Waals surface area (Å²) in [5.41, 5.74) is 1.99. The molecule has 0 atom stereocenters. The normalized spacial score (nSPS) is 10.6. The second kappa shape index (κ2) is 8.05. The topological polar surface area (TPSA) is 59.9 Å². The number of anilines is 1. The first-order valence-electron chi connectivity index (χ1n) is 6.91. The number of aromatic nitrogens is 3. The van der Waals surface area contributed by atoms with Gasteiger partial charge in [0.25, 0.3) is 0 Å². The van der Waals surface area contributed by atoms with Crippen molar-refractivity contribution in [3.63, 3.8) is 0 Å². The Labute approximate surface area is 133 Å². The monoisotopic (exact) mass is 350 g/mol. The van der Waals surface area contributed by atoms with E-state index in [9.17, 15) is 0 Å². The highest BCUT2D eigenvalue weighted by molar-refractivity contribution is 9.10. The second-order valence-corrected chi connectivity index (χ2v) is 5.43. The summed E-state index contributed by atoms with van der Waals surface area (Å²) < 4.78 is 6.09. The van der Waals surface area contributed by atoms with E-state index in [1.54, 1.807) is 19.5 Å². The molecule has 6 heteroatoms. The van der Waals surface area contributed by atoms with Crippen LogP contribution in [0.2, 0.25) is 0 Å². The third-order valence-electron chi connectivity index (χ3n) is 2.90. The van der Waals surface area contributed by atoms with Crippen LogP contribution >= 0.6 is 15.9 Å². The maximum atomic E-state index is 5.22. The third kappa shape index (κ3) is 4.47. The molecule has 0 unspecified atom stereocenters. The van der Waals surface area contributed by atoms with Crippen LogP contribution in [0.4, 0.5) is 5.82 Å². The summed E-state index contributed by atoms with van der Waals surface area (Å²) >= 11 is 3.55. The zero-order chi connectivity index (χ0) is 15.1.